The third-order valence-electron chi connectivity index (χ3n) is 2.79. The number of unbranched alkanes of at least 4 members (excludes halogenated alkanes) is 2. The molecule has 0 saturated heterocycles. The molecule has 0 saturated carbocycles. The van der Waals surface area contributed by atoms with Gasteiger partial charge in [-0.1, -0.05) is 11.6 Å². The normalized spacial score (nSPS) is 10.1. The van der Waals surface area contributed by atoms with E-state index in [2.05, 4.69) is 11.4 Å². The van der Waals surface area contributed by atoms with Gasteiger partial charge in [0.15, 0.2) is 11.5 Å². The molecule has 1 N–H and O–H groups in total. The standard InChI is InChI=1S/C15H21ClN2O2/c1-3-20-14-10-12(9-13(16)15(14)19-2)11-18-8-6-4-5-7-17/h9-10,18H,3-6,8,11H2,1-2H3. The minimum atomic E-state index is 0.555. The van der Waals surface area contributed by atoms with Crippen LogP contribution in [-0.2, 0) is 6.54 Å². The first-order chi connectivity index (χ1) is 9.72. The molecule has 5 heteroatoms. The van der Waals surface area contributed by atoms with Crippen molar-refractivity contribution in [3.63, 3.8) is 0 Å². The Morgan fingerprint density at radius 3 is 2.80 bits per heavy atom. The number of halogens is 1. The molecule has 0 unspecified atom stereocenters. The smallest absolute Gasteiger partial charge is 0.179 e. The van der Waals surface area contributed by atoms with Gasteiger partial charge in [0.2, 0.25) is 0 Å². The summed E-state index contributed by atoms with van der Waals surface area (Å²) in [5.74, 6) is 1.25. The number of hydrogen-bond donors (Lipinski definition) is 1. The Hall–Kier alpha value is -1.44. The maximum absolute atomic E-state index is 8.45. The zero-order valence-electron chi connectivity index (χ0n) is 12.0. The van der Waals surface area contributed by atoms with Gasteiger partial charge < -0.3 is 14.8 Å². The van der Waals surface area contributed by atoms with E-state index in [1.165, 1.54) is 0 Å². The average Bonchev–Trinajstić information content (AvgIpc) is 2.43. The average molecular weight is 297 g/mol. The number of nitriles is 1. The second kappa shape index (κ2) is 9.46. The molecule has 0 aliphatic carbocycles. The molecular weight excluding hydrogens is 276 g/mol. The van der Waals surface area contributed by atoms with Gasteiger partial charge in [-0.15, -0.1) is 0 Å². The molecule has 1 aromatic rings. The fraction of sp³-hybridized carbons (Fsp3) is 0.533. The van der Waals surface area contributed by atoms with Crippen LogP contribution < -0.4 is 14.8 Å². The van der Waals surface area contributed by atoms with Crippen molar-refractivity contribution in [2.45, 2.75) is 32.7 Å². The van der Waals surface area contributed by atoms with Crippen LogP contribution in [0, 0.1) is 11.3 Å². The van der Waals surface area contributed by atoms with E-state index >= 15 is 0 Å². The van der Waals surface area contributed by atoms with Gasteiger partial charge in [0.1, 0.15) is 0 Å². The summed E-state index contributed by atoms with van der Waals surface area (Å²) >= 11 is 6.18. The second-order valence-corrected chi connectivity index (χ2v) is 4.74. The van der Waals surface area contributed by atoms with Crippen LogP contribution in [0.2, 0.25) is 5.02 Å². The summed E-state index contributed by atoms with van der Waals surface area (Å²) in [4.78, 5) is 0. The summed E-state index contributed by atoms with van der Waals surface area (Å²) in [5, 5.41) is 12.3. The molecule has 0 amide bonds. The summed E-state index contributed by atoms with van der Waals surface area (Å²) in [6, 6.07) is 5.96. The van der Waals surface area contributed by atoms with Gasteiger partial charge >= 0.3 is 0 Å². The van der Waals surface area contributed by atoms with E-state index in [1.807, 2.05) is 19.1 Å². The van der Waals surface area contributed by atoms with Gasteiger partial charge in [0.25, 0.3) is 0 Å². The van der Waals surface area contributed by atoms with Crippen LogP contribution in [0.4, 0.5) is 0 Å². The molecule has 20 heavy (non-hydrogen) atoms. The number of nitrogens with zero attached hydrogens (tertiary/aromatic N) is 1. The van der Waals surface area contributed by atoms with E-state index in [1.54, 1.807) is 7.11 Å². The topological polar surface area (TPSA) is 54.3 Å². The van der Waals surface area contributed by atoms with E-state index in [0.29, 0.717) is 29.5 Å². The van der Waals surface area contributed by atoms with Crippen molar-refractivity contribution in [3.8, 4) is 17.6 Å². The molecule has 110 valence electrons. The van der Waals surface area contributed by atoms with Crippen LogP contribution in [-0.4, -0.2) is 20.3 Å². The fourth-order valence-electron chi connectivity index (χ4n) is 1.87. The van der Waals surface area contributed by atoms with Crippen molar-refractivity contribution in [3.05, 3.63) is 22.7 Å². The van der Waals surface area contributed by atoms with E-state index in [4.69, 9.17) is 26.3 Å². The predicted molar refractivity (Wildman–Crippen MR) is 80.3 cm³/mol. The predicted octanol–water partition coefficient (Wildman–Crippen LogP) is 3.53. The first-order valence-corrected chi connectivity index (χ1v) is 7.17. The monoisotopic (exact) mass is 296 g/mol. The van der Waals surface area contributed by atoms with Gasteiger partial charge in [-0.25, -0.2) is 0 Å². The maximum atomic E-state index is 8.45. The molecule has 0 aliphatic rings. The van der Waals surface area contributed by atoms with Crippen LogP contribution in [0.1, 0.15) is 31.7 Å². The molecule has 1 rings (SSSR count). The summed E-state index contributed by atoms with van der Waals surface area (Å²) in [6.45, 7) is 4.09. The quantitative estimate of drug-likeness (QED) is 0.708. The van der Waals surface area contributed by atoms with Crippen molar-refractivity contribution < 1.29 is 9.47 Å². The summed E-state index contributed by atoms with van der Waals surface area (Å²) in [7, 11) is 1.58. The Bertz CT molecular complexity index is 458. The highest BCUT2D eigenvalue weighted by molar-refractivity contribution is 6.32. The van der Waals surface area contributed by atoms with E-state index < -0.39 is 0 Å². The molecule has 4 nitrogen and oxygen atoms in total. The Labute approximate surface area is 125 Å². The summed E-state index contributed by atoms with van der Waals surface area (Å²) in [6.07, 6.45) is 2.54. The third kappa shape index (κ3) is 5.28. The Balaban J connectivity index is 2.56. The lowest BCUT2D eigenvalue weighted by molar-refractivity contribution is 0.310. The SMILES string of the molecule is CCOc1cc(CNCCCCC#N)cc(Cl)c1OC. The highest BCUT2D eigenvalue weighted by atomic mass is 35.5. The number of benzene rings is 1. The number of ether oxygens (including phenoxy) is 2. The van der Waals surface area contributed by atoms with Gasteiger partial charge in [-0.2, -0.15) is 5.26 Å². The molecule has 1 aromatic carbocycles. The first kappa shape index (κ1) is 16.6. The van der Waals surface area contributed by atoms with Crippen molar-refractivity contribution in [2.24, 2.45) is 0 Å². The number of methoxy groups -OCH3 is 1. The van der Waals surface area contributed by atoms with E-state index in [0.717, 1.165) is 31.5 Å². The van der Waals surface area contributed by atoms with Gasteiger partial charge in [0.05, 0.1) is 24.8 Å². The third-order valence-corrected chi connectivity index (χ3v) is 3.08. The molecule has 0 spiro atoms. The van der Waals surface area contributed by atoms with Crippen LogP contribution in [0.15, 0.2) is 12.1 Å². The zero-order valence-corrected chi connectivity index (χ0v) is 12.8. The van der Waals surface area contributed by atoms with Crippen molar-refractivity contribution in [1.82, 2.24) is 5.32 Å². The lowest BCUT2D eigenvalue weighted by atomic mass is 10.2. The number of rotatable bonds is 9. The Morgan fingerprint density at radius 2 is 2.15 bits per heavy atom. The summed E-state index contributed by atoms with van der Waals surface area (Å²) in [5.41, 5.74) is 1.06. The molecular formula is C15H21ClN2O2. The molecule has 0 radical (unpaired) electrons. The number of hydrogen-bond acceptors (Lipinski definition) is 4. The van der Waals surface area contributed by atoms with Crippen molar-refractivity contribution >= 4 is 11.6 Å². The molecule has 0 aliphatic heterocycles. The Morgan fingerprint density at radius 1 is 1.35 bits per heavy atom. The van der Waals surface area contributed by atoms with E-state index in [-0.39, 0.29) is 0 Å². The van der Waals surface area contributed by atoms with Gasteiger partial charge in [-0.05, 0) is 44.0 Å². The fourth-order valence-corrected chi connectivity index (χ4v) is 2.18. The van der Waals surface area contributed by atoms with Crippen molar-refractivity contribution in [1.29, 1.82) is 5.26 Å². The molecule has 0 bridgehead atoms. The van der Waals surface area contributed by atoms with Crippen LogP contribution >= 0.6 is 11.6 Å². The highest BCUT2D eigenvalue weighted by Gasteiger charge is 2.11. The molecule has 0 aromatic heterocycles. The van der Waals surface area contributed by atoms with Crippen LogP contribution in [0.3, 0.4) is 0 Å². The number of nitrogens with one attached hydrogen (secondary N) is 1. The summed E-state index contributed by atoms with van der Waals surface area (Å²) < 4.78 is 10.8. The minimum Gasteiger partial charge on any atom is -0.491 e. The Kier molecular flexibility index (Phi) is 7.86. The lowest BCUT2D eigenvalue weighted by Gasteiger charge is -2.13. The van der Waals surface area contributed by atoms with Gasteiger partial charge in [-0.3, -0.25) is 0 Å². The molecule has 0 atom stereocenters. The van der Waals surface area contributed by atoms with Gasteiger partial charge in [0, 0.05) is 13.0 Å². The first-order valence-electron chi connectivity index (χ1n) is 6.79. The largest absolute Gasteiger partial charge is 0.491 e. The zero-order chi connectivity index (χ0) is 14.8. The molecule has 0 heterocycles. The highest BCUT2D eigenvalue weighted by Crippen LogP contribution is 2.36. The second-order valence-electron chi connectivity index (χ2n) is 4.33. The van der Waals surface area contributed by atoms with Crippen molar-refractivity contribution in [2.75, 3.05) is 20.3 Å². The molecule has 0 fully saturated rings. The minimum absolute atomic E-state index is 0.555. The maximum Gasteiger partial charge on any atom is 0.179 e. The van der Waals surface area contributed by atoms with E-state index in [9.17, 15) is 0 Å². The van der Waals surface area contributed by atoms with Crippen LogP contribution in [0.25, 0.3) is 0 Å². The lowest BCUT2D eigenvalue weighted by Crippen LogP contribution is -2.14. The van der Waals surface area contributed by atoms with Crippen LogP contribution in [0.5, 0.6) is 11.5 Å².